The highest BCUT2D eigenvalue weighted by molar-refractivity contribution is 5.77. The topological polar surface area (TPSA) is 57.6 Å². The van der Waals surface area contributed by atoms with Crippen LogP contribution in [0.5, 0.6) is 0 Å². The molecule has 1 saturated carbocycles. The Labute approximate surface area is 119 Å². The molecule has 108 valence electrons. The van der Waals surface area contributed by atoms with E-state index in [-0.39, 0.29) is 12.3 Å². The van der Waals surface area contributed by atoms with Gasteiger partial charge >= 0.3 is 5.97 Å². The molecule has 0 bridgehead atoms. The largest absolute Gasteiger partial charge is 0.481 e. The molecule has 4 heteroatoms. The average Bonchev–Trinajstić information content (AvgIpc) is 3.26. The number of carbonyl (C=O) groups excluding carboxylic acids is 1. The van der Waals surface area contributed by atoms with Crippen LogP contribution in [0.2, 0.25) is 0 Å². The van der Waals surface area contributed by atoms with Crippen LogP contribution in [0.4, 0.5) is 0 Å². The lowest BCUT2D eigenvalue weighted by Gasteiger charge is -2.22. The van der Waals surface area contributed by atoms with Crippen molar-refractivity contribution in [3.05, 3.63) is 35.9 Å². The molecule has 1 fully saturated rings. The number of hydrogen-bond acceptors (Lipinski definition) is 2. The Hall–Kier alpha value is -1.84. The first-order valence-corrected chi connectivity index (χ1v) is 7.22. The van der Waals surface area contributed by atoms with Crippen LogP contribution in [0.15, 0.2) is 30.3 Å². The lowest BCUT2D eigenvalue weighted by molar-refractivity contribution is -0.137. The summed E-state index contributed by atoms with van der Waals surface area (Å²) < 4.78 is 0. The van der Waals surface area contributed by atoms with Crippen molar-refractivity contribution in [2.75, 3.05) is 0 Å². The number of carbonyl (C=O) groups is 2. The molecule has 1 aromatic rings. The van der Waals surface area contributed by atoms with E-state index in [0.29, 0.717) is 31.8 Å². The van der Waals surface area contributed by atoms with Gasteiger partial charge in [0.15, 0.2) is 0 Å². The Balaban J connectivity index is 1.82. The Bertz CT molecular complexity index is 454. The molecule has 0 spiro atoms. The highest BCUT2D eigenvalue weighted by Crippen LogP contribution is 2.29. The van der Waals surface area contributed by atoms with Crippen LogP contribution < -0.4 is 0 Å². The van der Waals surface area contributed by atoms with E-state index in [2.05, 4.69) is 0 Å². The van der Waals surface area contributed by atoms with Gasteiger partial charge in [0, 0.05) is 25.4 Å². The normalized spacial score (nSPS) is 14.0. The molecule has 20 heavy (non-hydrogen) atoms. The zero-order chi connectivity index (χ0) is 14.4. The molecule has 1 aliphatic rings. The lowest BCUT2D eigenvalue weighted by Crippen LogP contribution is -2.32. The fourth-order valence-electron chi connectivity index (χ4n) is 2.28. The molecule has 0 aromatic heterocycles. The predicted molar refractivity (Wildman–Crippen MR) is 76.1 cm³/mol. The van der Waals surface area contributed by atoms with E-state index in [9.17, 15) is 9.59 Å². The van der Waals surface area contributed by atoms with Crippen LogP contribution in [-0.4, -0.2) is 27.9 Å². The summed E-state index contributed by atoms with van der Waals surface area (Å²) in [6.45, 7) is 0.670. The summed E-state index contributed by atoms with van der Waals surface area (Å²) in [6, 6.07) is 10.4. The lowest BCUT2D eigenvalue weighted by atomic mass is 10.1. The van der Waals surface area contributed by atoms with Crippen LogP contribution in [0.1, 0.15) is 44.1 Å². The average molecular weight is 275 g/mol. The number of carboxylic acids is 1. The van der Waals surface area contributed by atoms with Crippen LogP contribution >= 0.6 is 0 Å². The molecule has 1 aliphatic carbocycles. The maximum atomic E-state index is 12.3. The molecule has 4 nitrogen and oxygen atoms in total. The standard InChI is InChI=1S/C16H21NO3/c18-15(8-4-5-9-16(19)20)17(14-10-11-14)12-13-6-2-1-3-7-13/h1-3,6-7,14H,4-5,8-12H2,(H,19,20). The SMILES string of the molecule is O=C(O)CCCCC(=O)N(Cc1ccccc1)C1CC1. The van der Waals surface area contributed by atoms with Gasteiger partial charge in [0.05, 0.1) is 0 Å². The monoisotopic (exact) mass is 275 g/mol. The molecule has 1 N–H and O–H groups in total. The van der Waals surface area contributed by atoms with Gasteiger partial charge in [-0.1, -0.05) is 30.3 Å². The Morgan fingerprint density at radius 3 is 2.35 bits per heavy atom. The van der Waals surface area contributed by atoms with Crippen molar-refractivity contribution >= 4 is 11.9 Å². The van der Waals surface area contributed by atoms with E-state index in [1.165, 1.54) is 0 Å². The maximum absolute atomic E-state index is 12.3. The van der Waals surface area contributed by atoms with E-state index in [0.717, 1.165) is 18.4 Å². The summed E-state index contributed by atoms with van der Waals surface area (Å²) in [5, 5.41) is 8.59. The Kier molecular flexibility index (Phi) is 5.16. The third-order valence-corrected chi connectivity index (χ3v) is 3.54. The summed E-state index contributed by atoms with van der Waals surface area (Å²) in [6.07, 6.45) is 4.02. The van der Waals surface area contributed by atoms with Gasteiger partial charge in [0.1, 0.15) is 0 Å². The van der Waals surface area contributed by atoms with Crippen molar-refractivity contribution in [2.45, 2.75) is 51.1 Å². The molecule has 2 rings (SSSR count). The first kappa shape index (κ1) is 14.6. The second-order valence-corrected chi connectivity index (χ2v) is 5.34. The summed E-state index contributed by atoms with van der Waals surface area (Å²) in [5.41, 5.74) is 1.15. The molecular weight excluding hydrogens is 254 g/mol. The number of unbranched alkanes of at least 4 members (excludes halogenated alkanes) is 1. The highest BCUT2D eigenvalue weighted by Gasteiger charge is 2.31. The van der Waals surface area contributed by atoms with Crippen molar-refractivity contribution < 1.29 is 14.7 Å². The highest BCUT2D eigenvalue weighted by atomic mass is 16.4. The minimum absolute atomic E-state index is 0.148. The van der Waals surface area contributed by atoms with Crippen molar-refractivity contribution in [2.24, 2.45) is 0 Å². The molecular formula is C16H21NO3. The minimum atomic E-state index is -0.791. The van der Waals surface area contributed by atoms with Crippen LogP contribution in [0.3, 0.4) is 0 Å². The third kappa shape index (κ3) is 4.68. The van der Waals surface area contributed by atoms with Crippen molar-refractivity contribution in [3.63, 3.8) is 0 Å². The summed E-state index contributed by atoms with van der Waals surface area (Å²) >= 11 is 0. The van der Waals surface area contributed by atoms with E-state index in [1.54, 1.807) is 0 Å². The smallest absolute Gasteiger partial charge is 0.303 e. The van der Waals surface area contributed by atoms with E-state index >= 15 is 0 Å². The van der Waals surface area contributed by atoms with Gasteiger partial charge in [0.2, 0.25) is 5.91 Å². The van der Waals surface area contributed by atoms with Gasteiger partial charge in [-0.3, -0.25) is 9.59 Å². The Morgan fingerprint density at radius 1 is 1.10 bits per heavy atom. The van der Waals surface area contributed by atoms with Crippen LogP contribution in [0, 0.1) is 0 Å². The number of aliphatic carboxylic acids is 1. The molecule has 0 aliphatic heterocycles. The van der Waals surface area contributed by atoms with Gasteiger partial charge in [0.25, 0.3) is 0 Å². The molecule has 0 saturated heterocycles. The van der Waals surface area contributed by atoms with Crippen LogP contribution in [0.25, 0.3) is 0 Å². The van der Waals surface area contributed by atoms with Gasteiger partial charge in [-0.05, 0) is 31.2 Å². The Morgan fingerprint density at radius 2 is 1.75 bits per heavy atom. The molecule has 1 amide bonds. The van der Waals surface area contributed by atoms with E-state index in [4.69, 9.17) is 5.11 Å². The molecule has 1 aromatic carbocycles. The van der Waals surface area contributed by atoms with Gasteiger partial charge in [-0.25, -0.2) is 0 Å². The van der Waals surface area contributed by atoms with Crippen molar-refractivity contribution in [1.29, 1.82) is 0 Å². The quantitative estimate of drug-likeness (QED) is 0.742. The zero-order valence-electron chi connectivity index (χ0n) is 11.6. The number of benzene rings is 1. The number of hydrogen-bond donors (Lipinski definition) is 1. The summed E-state index contributed by atoms with van der Waals surface area (Å²) in [7, 11) is 0. The van der Waals surface area contributed by atoms with E-state index < -0.39 is 5.97 Å². The first-order valence-electron chi connectivity index (χ1n) is 7.22. The molecule has 0 unspecified atom stereocenters. The minimum Gasteiger partial charge on any atom is -0.481 e. The van der Waals surface area contributed by atoms with Gasteiger partial charge in [-0.2, -0.15) is 0 Å². The second kappa shape index (κ2) is 7.08. The van der Waals surface area contributed by atoms with Crippen molar-refractivity contribution in [3.8, 4) is 0 Å². The number of rotatable bonds is 8. The number of amides is 1. The zero-order valence-corrected chi connectivity index (χ0v) is 11.6. The van der Waals surface area contributed by atoms with E-state index in [1.807, 2.05) is 35.2 Å². The third-order valence-electron chi connectivity index (χ3n) is 3.54. The van der Waals surface area contributed by atoms with Crippen molar-refractivity contribution in [1.82, 2.24) is 4.90 Å². The second-order valence-electron chi connectivity index (χ2n) is 5.34. The summed E-state index contributed by atoms with van der Waals surface area (Å²) in [4.78, 5) is 24.6. The molecule has 0 heterocycles. The van der Waals surface area contributed by atoms with Gasteiger partial charge in [-0.15, -0.1) is 0 Å². The fraction of sp³-hybridized carbons (Fsp3) is 0.500. The van der Waals surface area contributed by atoms with Gasteiger partial charge < -0.3 is 10.0 Å². The summed E-state index contributed by atoms with van der Waals surface area (Å²) in [5.74, 6) is -0.637. The number of carboxylic acid groups (broad SMARTS) is 1. The molecule has 0 atom stereocenters. The fourth-order valence-corrected chi connectivity index (χ4v) is 2.28. The number of nitrogens with zero attached hydrogens (tertiary/aromatic N) is 1. The van der Waals surface area contributed by atoms with Crippen LogP contribution in [-0.2, 0) is 16.1 Å². The molecule has 0 radical (unpaired) electrons. The predicted octanol–water partition coefficient (Wildman–Crippen LogP) is 2.82. The first-order chi connectivity index (χ1) is 9.66. The maximum Gasteiger partial charge on any atom is 0.303 e.